The highest BCUT2D eigenvalue weighted by atomic mass is 19.1. The van der Waals surface area contributed by atoms with E-state index in [1.54, 1.807) is 24.3 Å². The number of halogens is 2. The van der Waals surface area contributed by atoms with Gasteiger partial charge in [0.15, 0.2) is 0 Å². The van der Waals surface area contributed by atoms with E-state index >= 15 is 0 Å². The van der Waals surface area contributed by atoms with Crippen LogP contribution in [0.2, 0.25) is 0 Å². The van der Waals surface area contributed by atoms with Crippen LogP contribution in [-0.2, 0) is 4.74 Å². The standard InChI is InChI=1S/C22H21F2N5O2/c1-14-13-19(28-22(25-14)29-9-11-31-12-10-29)26-15-5-7-16(8-6-15)27-21(30)20-17(23)3-2-4-18(20)24/h2-8,13H,9-12H2,1H3,(H,27,30)(H,25,26,28). The molecular weight excluding hydrogens is 404 g/mol. The van der Waals surface area contributed by atoms with Crippen LogP contribution in [0.4, 0.5) is 31.9 Å². The van der Waals surface area contributed by atoms with Gasteiger partial charge >= 0.3 is 0 Å². The van der Waals surface area contributed by atoms with Gasteiger partial charge in [-0.25, -0.2) is 13.8 Å². The summed E-state index contributed by atoms with van der Waals surface area (Å²) in [5.41, 5.74) is 1.36. The molecule has 0 atom stereocenters. The zero-order chi connectivity index (χ0) is 21.8. The molecule has 1 amide bonds. The molecule has 1 saturated heterocycles. The van der Waals surface area contributed by atoms with Gasteiger partial charge in [-0.2, -0.15) is 4.98 Å². The zero-order valence-corrected chi connectivity index (χ0v) is 16.9. The topological polar surface area (TPSA) is 79.4 Å². The van der Waals surface area contributed by atoms with Crippen molar-refractivity contribution >= 4 is 29.0 Å². The number of ether oxygens (including phenoxy) is 1. The lowest BCUT2D eigenvalue weighted by Crippen LogP contribution is -2.37. The summed E-state index contributed by atoms with van der Waals surface area (Å²) in [7, 11) is 0. The van der Waals surface area contributed by atoms with Gasteiger partial charge in [-0.1, -0.05) is 6.07 Å². The Bertz CT molecular complexity index is 1070. The first-order valence-electron chi connectivity index (χ1n) is 9.80. The molecule has 4 rings (SSSR count). The summed E-state index contributed by atoms with van der Waals surface area (Å²) in [6.45, 7) is 4.66. The van der Waals surface area contributed by atoms with Gasteiger partial charge in [0.05, 0.1) is 13.2 Å². The van der Waals surface area contributed by atoms with Crippen LogP contribution >= 0.6 is 0 Å². The van der Waals surface area contributed by atoms with Gasteiger partial charge in [0, 0.05) is 36.2 Å². The number of amides is 1. The van der Waals surface area contributed by atoms with Crippen molar-refractivity contribution in [1.82, 2.24) is 9.97 Å². The van der Waals surface area contributed by atoms with E-state index in [2.05, 4.69) is 25.5 Å². The Morgan fingerprint density at radius 3 is 2.32 bits per heavy atom. The second kappa shape index (κ2) is 9.05. The van der Waals surface area contributed by atoms with Crippen LogP contribution in [-0.4, -0.2) is 42.2 Å². The summed E-state index contributed by atoms with van der Waals surface area (Å²) < 4.78 is 32.9. The smallest absolute Gasteiger partial charge is 0.261 e. The minimum Gasteiger partial charge on any atom is -0.378 e. The molecular formula is C22H21F2N5O2. The average molecular weight is 425 g/mol. The number of nitrogens with one attached hydrogen (secondary N) is 2. The molecule has 2 aromatic carbocycles. The number of morpholine rings is 1. The van der Waals surface area contributed by atoms with Crippen molar-refractivity contribution in [2.45, 2.75) is 6.92 Å². The van der Waals surface area contributed by atoms with Gasteiger partial charge < -0.3 is 20.3 Å². The first-order valence-corrected chi connectivity index (χ1v) is 9.80. The molecule has 0 saturated carbocycles. The summed E-state index contributed by atoms with van der Waals surface area (Å²) in [4.78, 5) is 23.4. The fourth-order valence-corrected chi connectivity index (χ4v) is 3.21. The number of aromatic nitrogens is 2. The van der Waals surface area contributed by atoms with E-state index in [-0.39, 0.29) is 0 Å². The van der Waals surface area contributed by atoms with Crippen molar-refractivity contribution in [2.75, 3.05) is 41.8 Å². The molecule has 31 heavy (non-hydrogen) atoms. The molecule has 1 fully saturated rings. The van der Waals surface area contributed by atoms with Gasteiger partial charge in [0.1, 0.15) is 23.0 Å². The summed E-state index contributed by atoms with van der Waals surface area (Å²) >= 11 is 0. The van der Waals surface area contributed by atoms with E-state index in [1.165, 1.54) is 6.07 Å². The van der Waals surface area contributed by atoms with Crippen molar-refractivity contribution in [3.8, 4) is 0 Å². The summed E-state index contributed by atoms with van der Waals surface area (Å²) in [6, 6.07) is 11.9. The van der Waals surface area contributed by atoms with Crippen LogP contribution in [0.3, 0.4) is 0 Å². The van der Waals surface area contributed by atoms with Gasteiger partial charge in [-0.15, -0.1) is 0 Å². The third kappa shape index (κ3) is 4.95. The molecule has 2 N–H and O–H groups in total. The Hall–Kier alpha value is -3.59. The van der Waals surface area contributed by atoms with E-state index in [0.29, 0.717) is 30.7 Å². The molecule has 0 aliphatic carbocycles. The number of rotatable bonds is 5. The van der Waals surface area contributed by atoms with E-state index in [4.69, 9.17) is 4.74 Å². The highest BCUT2D eigenvalue weighted by molar-refractivity contribution is 6.04. The third-order valence-electron chi connectivity index (χ3n) is 4.74. The third-order valence-corrected chi connectivity index (χ3v) is 4.74. The predicted octanol–water partition coefficient (Wildman–Crippen LogP) is 3.90. The van der Waals surface area contributed by atoms with Crippen molar-refractivity contribution in [3.05, 3.63) is 71.4 Å². The number of nitrogens with zero attached hydrogens (tertiary/aromatic N) is 3. The second-order valence-electron chi connectivity index (χ2n) is 7.05. The maximum absolute atomic E-state index is 13.8. The number of benzene rings is 2. The van der Waals surface area contributed by atoms with Gasteiger partial charge in [0.25, 0.3) is 5.91 Å². The van der Waals surface area contributed by atoms with Crippen LogP contribution in [0.25, 0.3) is 0 Å². The van der Waals surface area contributed by atoms with E-state index in [1.807, 2.05) is 13.0 Å². The normalized spacial score (nSPS) is 13.7. The molecule has 160 valence electrons. The fourth-order valence-electron chi connectivity index (χ4n) is 3.21. The van der Waals surface area contributed by atoms with Crippen LogP contribution in [0.1, 0.15) is 16.1 Å². The molecule has 0 spiro atoms. The Morgan fingerprint density at radius 1 is 1.00 bits per heavy atom. The summed E-state index contributed by atoms with van der Waals surface area (Å²) in [5, 5.41) is 5.71. The Labute approximate surface area is 178 Å². The number of anilines is 4. The lowest BCUT2D eigenvalue weighted by molar-refractivity contribution is 0.101. The van der Waals surface area contributed by atoms with Gasteiger partial charge in [-0.05, 0) is 43.3 Å². The SMILES string of the molecule is Cc1cc(Nc2ccc(NC(=O)c3c(F)cccc3F)cc2)nc(N2CCOCC2)n1. The first kappa shape index (κ1) is 20.7. The maximum Gasteiger partial charge on any atom is 0.261 e. The molecule has 3 aromatic rings. The fraction of sp³-hybridized carbons (Fsp3) is 0.227. The molecule has 0 radical (unpaired) electrons. The molecule has 7 nitrogen and oxygen atoms in total. The first-order chi connectivity index (χ1) is 15.0. The quantitative estimate of drug-likeness (QED) is 0.646. The minimum absolute atomic E-state index is 0.408. The zero-order valence-electron chi connectivity index (χ0n) is 16.9. The van der Waals surface area contributed by atoms with E-state index in [9.17, 15) is 13.6 Å². The Balaban J connectivity index is 1.45. The maximum atomic E-state index is 13.8. The highest BCUT2D eigenvalue weighted by Crippen LogP contribution is 2.22. The van der Waals surface area contributed by atoms with Gasteiger partial charge in [-0.3, -0.25) is 4.79 Å². The molecule has 1 aliphatic rings. The van der Waals surface area contributed by atoms with E-state index < -0.39 is 23.1 Å². The lowest BCUT2D eigenvalue weighted by Gasteiger charge is -2.27. The largest absolute Gasteiger partial charge is 0.378 e. The molecule has 9 heteroatoms. The molecule has 0 unspecified atom stereocenters. The Kier molecular flexibility index (Phi) is 6.03. The van der Waals surface area contributed by atoms with Crippen molar-refractivity contribution < 1.29 is 18.3 Å². The molecule has 1 aromatic heterocycles. The highest BCUT2D eigenvalue weighted by Gasteiger charge is 2.17. The monoisotopic (exact) mass is 425 g/mol. The van der Waals surface area contributed by atoms with E-state index in [0.717, 1.165) is 36.6 Å². The van der Waals surface area contributed by atoms with Crippen LogP contribution in [0.15, 0.2) is 48.5 Å². The van der Waals surface area contributed by atoms with Gasteiger partial charge in [0.2, 0.25) is 5.95 Å². The molecule has 2 heterocycles. The average Bonchev–Trinajstić information content (AvgIpc) is 2.75. The lowest BCUT2D eigenvalue weighted by atomic mass is 10.1. The minimum atomic E-state index is -0.911. The second-order valence-corrected chi connectivity index (χ2v) is 7.05. The number of aryl methyl sites for hydroxylation is 1. The van der Waals surface area contributed by atoms with Crippen molar-refractivity contribution in [1.29, 1.82) is 0 Å². The summed E-state index contributed by atoms with van der Waals surface area (Å²) in [5.74, 6) is -1.39. The Morgan fingerprint density at radius 2 is 1.65 bits per heavy atom. The molecule has 1 aliphatic heterocycles. The van der Waals surface area contributed by atoms with Crippen molar-refractivity contribution in [3.63, 3.8) is 0 Å². The van der Waals surface area contributed by atoms with Crippen LogP contribution in [0, 0.1) is 18.6 Å². The number of hydrogen-bond acceptors (Lipinski definition) is 6. The molecule has 0 bridgehead atoms. The number of hydrogen-bond donors (Lipinski definition) is 2. The van der Waals surface area contributed by atoms with Crippen LogP contribution < -0.4 is 15.5 Å². The predicted molar refractivity (Wildman–Crippen MR) is 114 cm³/mol. The summed E-state index contributed by atoms with van der Waals surface area (Å²) in [6.07, 6.45) is 0. The van der Waals surface area contributed by atoms with Crippen LogP contribution in [0.5, 0.6) is 0 Å². The number of carbonyl (C=O) groups is 1. The van der Waals surface area contributed by atoms with Crippen molar-refractivity contribution in [2.24, 2.45) is 0 Å². The number of carbonyl (C=O) groups excluding carboxylic acids is 1.